The van der Waals surface area contributed by atoms with Gasteiger partial charge in [0, 0.05) is 27.6 Å². The Morgan fingerprint density at radius 1 is 1.27 bits per heavy atom. The molecule has 92 valence electrons. The Hall–Kier alpha value is 0.460. The molecule has 0 saturated carbocycles. The topological polar surface area (TPSA) is 37.3 Å². The van der Waals surface area contributed by atoms with Crippen molar-refractivity contribution in [1.82, 2.24) is 0 Å². The second-order valence-corrected chi connectivity index (χ2v) is 6.72. The van der Waals surface area contributed by atoms with Gasteiger partial charge < -0.3 is 5.11 Å². The predicted octanol–water partition coefficient (Wildman–Crippen LogP) is 2.43. The molecule has 0 bridgehead atoms. The van der Waals surface area contributed by atoms with Crippen molar-refractivity contribution in [1.29, 1.82) is 0 Å². The smallest absolute Gasteiger partial charge is 0.0558 e. The molecule has 0 unspecified atom stereocenters. The maximum atomic E-state index is 11.6. The summed E-state index contributed by atoms with van der Waals surface area (Å²) in [6.45, 7) is 4.43. The number of hydrogen-bond donors (Lipinski definition) is 1. The van der Waals surface area contributed by atoms with Gasteiger partial charge in [-0.25, -0.2) is 0 Å². The molecule has 0 rings (SSSR count). The van der Waals surface area contributed by atoms with Crippen LogP contribution in [0.15, 0.2) is 0 Å². The third-order valence-corrected chi connectivity index (χ3v) is 5.19. The van der Waals surface area contributed by atoms with Crippen molar-refractivity contribution in [2.75, 3.05) is 23.9 Å². The molecule has 0 aromatic carbocycles. The molecule has 0 aromatic rings. The van der Waals surface area contributed by atoms with Crippen LogP contribution in [0.5, 0.6) is 0 Å². The van der Waals surface area contributed by atoms with Gasteiger partial charge in [-0.05, 0) is 18.6 Å². The molecule has 0 saturated heterocycles. The van der Waals surface area contributed by atoms with Crippen LogP contribution in [0.4, 0.5) is 0 Å². The minimum atomic E-state index is -0.736. The van der Waals surface area contributed by atoms with Crippen molar-refractivity contribution < 1.29 is 9.32 Å². The summed E-state index contributed by atoms with van der Waals surface area (Å²) in [5.74, 6) is 2.53. The second-order valence-electron chi connectivity index (χ2n) is 3.69. The van der Waals surface area contributed by atoms with Crippen LogP contribution < -0.4 is 0 Å². The van der Waals surface area contributed by atoms with Crippen LogP contribution in [-0.4, -0.2) is 38.4 Å². The highest BCUT2D eigenvalue weighted by Gasteiger charge is 2.11. The van der Waals surface area contributed by atoms with Crippen LogP contribution in [0.1, 0.15) is 39.5 Å². The van der Waals surface area contributed by atoms with Gasteiger partial charge in [0.15, 0.2) is 0 Å². The number of thioether (sulfide) groups is 1. The number of hydrogen-bond acceptors (Lipinski definition) is 3. The maximum Gasteiger partial charge on any atom is 0.0558 e. The summed E-state index contributed by atoms with van der Waals surface area (Å²) in [6, 6.07) is 0. The van der Waals surface area contributed by atoms with Gasteiger partial charge in [0.1, 0.15) is 0 Å². The molecule has 2 nitrogen and oxygen atoms in total. The first kappa shape index (κ1) is 15.5. The summed E-state index contributed by atoms with van der Waals surface area (Å²) in [5, 5.41) is 9.32. The van der Waals surface area contributed by atoms with Crippen LogP contribution in [0.3, 0.4) is 0 Å². The third-order valence-electron chi connectivity index (χ3n) is 2.15. The van der Waals surface area contributed by atoms with Crippen molar-refractivity contribution in [2.24, 2.45) is 0 Å². The zero-order valence-electron chi connectivity index (χ0n) is 9.91. The minimum Gasteiger partial charge on any atom is -0.395 e. The Labute approximate surface area is 101 Å². The Bertz CT molecular complexity index is 163. The first-order valence-electron chi connectivity index (χ1n) is 5.82. The SMILES string of the molecule is CCCCS[C@@H](CO)C[S@](=O)CCCC. The molecule has 0 heterocycles. The van der Waals surface area contributed by atoms with Crippen LogP contribution in [0, 0.1) is 0 Å². The largest absolute Gasteiger partial charge is 0.395 e. The van der Waals surface area contributed by atoms with Gasteiger partial charge >= 0.3 is 0 Å². The highest BCUT2D eigenvalue weighted by molar-refractivity contribution is 8.00. The molecule has 0 aliphatic heterocycles. The van der Waals surface area contributed by atoms with E-state index in [1.807, 2.05) is 0 Å². The third kappa shape index (κ3) is 9.39. The van der Waals surface area contributed by atoms with E-state index in [-0.39, 0.29) is 11.9 Å². The van der Waals surface area contributed by atoms with Crippen LogP contribution >= 0.6 is 11.8 Å². The Balaban J connectivity index is 3.62. The summed E-state index contributed by atoms with van der Waals surface area (Å²) in [4.78, 5) is 0. The lowest BCUT2D eigenvalue weighted by molar-refractivity contribution is 0.301. The summed E-state index contributed by atoms with van der Waals surface area (Å²) >= 11 is 1.76. The normalized spacial score (nSPS) is 15.1. The van der Waals surface area contributed by atoms with E-state index in [1.54, 1.807) is 11.8 Å². The fourth-order valence-electron chi connectivity index (χ4n) is 1.14. The number of aliphatic hydroxyl groups excluding tert-OH is 1. The molecule has 15 heavy (non-hydrogen) atoms. The molecule has 0 amide bonds. The van der Waals surface area contributed by atoms with Crippen molar-refractivity contribution >= 4 is 22.6 Å². The number of aliphatic hydroxyl groups is 1. The van der Waals surface area contributed by atoms with Crippen LogP contribution in [-0.2, 0) is 10.8 Å². The Morgan fingerprint density at radius 2 is 1.93 bits per heavy atom. The molecule has 0 aliphatic rings. The lowest BCUT2D eigenvalue weighted by Gasteiger charge is -2.12. The summed E-state index contributed by atoms with van der Waals surface area (Å²) in [5.41, 5.74) is 0. The lowest BCUT2D eigenvalue weighted by atomic mass is 10.4. The molecular formula is C11H24O2S2. The molecule has 1 N–H and O–H groups in total. The van der Waals surface area contributed by atoms with Crippen molar-refractivity contribution in [3.63, 3.8) is 0 Å². The van der Waals surface area contributed by atoms with Crippen molar-refractivity contribution in [2.45, 2.75) is 44.8 Å². The van der Waals surface area contributed by atoms with Crippen LogP contribution in [0.25, 0.3) is 0 Å². The highest BCUT2D eigenvalue weighted by Crippen LogP contribution is 2.14. The van der Waals surface area contributed by atoms with E-state index in [0.29, 0.717) is 5.75 Å². The zero-order chi connectivity index (χ0) is 11.5. The predicted molar refractivity (Wildman–Crippen MR) is 71.0 cm³/mol. The van der Waals surface area contributed by atoms with Gasteiger partial charge in [0.2, 0.25) is 0 Å². The summed E-state index contributed by atoms with van der Waals surface area (Å²) in [6.07, 6.45) is 4.50. The van der Waals surface area contributed by atoms with E-state index in [1.165, 1.54) is 12.8 Å². The average Bonchev–Trinajstić information content (AvgIpc) is 2.25. The molecule has 4 heteroatoms. The molecule has 2 atom stereocenters. The van der Waals surface area contributed by atoms with E-state index in [2.05, 4.69) is 13.8 Å². The summed E-state index contributed by atoms with van der Waals surface area (Å²) in [7, 11) is -0.736. The standard InChI is InChI=1S/C11H24O2S2/c1-3-5-7-14-11(9-12)10-15(13)8-6-4-2/h11-12H,3-10H2,1-2H3/t11-,15+/m0/s1. The van der Waals surface area contributed by atoms with Crippen molar-refractivity contribution in [3.8, 4) is 0 Å². The van der Waals surface area contributed by atoms with E-state index in [4.69, 9.17) is 5.11 Å². The molecule has 0 aliphatic carbocycles. The first-order valence-corrected chi connectivity index (χ1v) is 8.35. The molecule has 0 aromatic heterocycles. The fourth-order valence-corrected chi connectivity index (χ4v) is 4.18. The monoisotopic (exact) mass is 252 g/mol. The van der Waals surface area contributed by atoms with E-state index < -0.39 is 10.8 Å². The Morgan fingerprint density at radius 3 is 2.47 bits per heavy atom. The van der Waals surface area contributed by atoms with Gasteiger partial charge in [0.05, 0.1) is 6.61 Å². The van der Waals surface area contributed by atoms with Gasteiger partial charge in [-0.3, -0.25) is 4.21 Å². The Kier molecular flexibility index (Phi) is 11.3. The van der Waals surface area contributed by atoms with Crippen molar-refractivity contribution in [3.05, 3.63) is 0 Å². The van der Waals surface area contributed by atoms with Gasteiger partial charge in [-0.15, -0.1) is 0 Å². The first-order chi connectivity index (χ1) is 7.24. The van der Waals surface area contributed by atoms with Gasteiger partial charge in [-0.1, -0.05) is 26.7 Å². The number of rotatable bonds is 10. The molecule has 0 fully saturated rings. The van der Waals surface area contributed by atoms with Gasteiger partial charge in [-0.2, -0.15) is 11.8 Å². The second kappa shape index (κ2) is 11.0. The van der Waals surface area contributed by atoms with Gasteiger partial charge in [0.25, 0.3) is 0 Å². The highest BCUT2D eigenvalue weighted by atomic mass is 32.2. The van der Waals surface area contributed by atoms with E-state index in [0.717, 1.165) is 24.3 Å². The number of unbranched alkanes of at least 4 members (excludes halogenated alkanes) is 2. The average molecular weight is 252 g/mol. The van der Waals surface area contributed by atoms with E-state index >= 15 is 0 Å². The lowest BCUT2D eigenvalue weighted by Crippen LogP contribution is -2.20. The molecule has 0 spiro atoms. The quantitative estimate of drug-likeness (QED) is 0.607. The molecular weight excluding hydrogens is 228 g/mol. The van der Waals surface area contributed by atoms with E-state index in [9.17, 15) is 4.21 Å². The maximum absolute atomic E-state index is 11.6. The molecule has 0 radical (unpaired) electrons. The minimum absolute atomic E-state index is 0.159. The fraction of sp³-hybridized carbons (Fsp3) is 1.00. The zero-order valence-corrected chi connectivity index (χ0v) is 11.5. The summed E-state index contributed by atoms with van der Waals surface area (Å²) < 4.78 is 11.6. The van der Waals surface area contributed by atoms with Crippen LogP contribution in [0.2, 0.25) is 0 Å².